The summed E-state index contributed by atoms with van der Waals surface area (Å²) < 4.78 is 12.7. The van der Waals surface area contributed by atoms with Crippen molar-refractivity contribution in [2.45, 2.75) is 32.9 Å². The second-order valence-corrected chi connectivity index (χ2v) is 7.28. The average molecular weight is 386 g/mol. The van der Waals surface area contributed by atoms with E-state index in [9.17, 15) is 4.79 Å². The molecule has 0 spiro atoms. The smallest absolute Gasteiger partial charge is 0.224 e. The van der Waals surface area contributed by atoms with Gasteiger partial charge in [0.1, 0.15) is 5.82 Å². The van der Waals surface area contributed by atoms with Gasteiger partial charge in [0.15, 0.2) is 11.5 Å². The number of benzene rings is 1. The molecule has 0 N–H and O–H groups in total. The molecule has 1 atom stereocenters. The minimum absolute atomic E-state index is 0.125. The number of methoxy groups -OCH3 is 2. The molecule has 152 valence electrons. The van der Waals surface area contributed by atoms with Crippen LogP contribution >= 0.6 is 0 Å². The highest BCUT2D eigenvalue weighted by Crippen LogP contribution is 2.28. The van der Waals surface area contributed by atoms with E-state index < -0.39 is 0 Å². The zero-order valence-electron chi connectivity index (χ0n) is 17.2. The third-order valence-electron chi connectivity index (χ3n) is 5.39. The van der Waals surface area contributed by atoms with Gasteiger partial charge in [0, 0.05) is 57.6 Å². The van der Waals surface area contributed by atoms with Crippen molar-refractivity contribution in [2.24, 2.45) is 0 Å². The molecule has 0 bridgehead atoms. The number of carbonyl (C=O) groups excluding carboxylic acids is 1. The Morgan fingerprint density at radius 1 is 1.14 bits per heavy atom. The van der Waals surface area contributed by atoms with E-state index >= 15 is 0 Å². The van der Waals surface area contributed by atoms with Crippen molar-refractivity contribution < 1.29 is 14.3 Å². The van der Waals surface area contributed by atoms with Gasteiger partial charge in [-0.2, -0.15) is 0 Å². The van der Waals surface area contributed by atoms with Crippen molar-refractivity contribution in [3.8, 4) is 11.5 Å². The molecule has 28 heavy (non-hydrogen) atoms. The first-order chi connectivity index (χ1) is 13.5. The molecule has 0 aliphatic carbocycles. The lowest BCUT2D eigenvalue weighted by Gasteiger charge is -2.35. The third kappa shape index (κ3) is 4.65. The summed E-state index contributed by atoms with van der Waals surface area (Å²) in [6.45, 7) is 8.15. The van der Waals surface area contributed by atoms with Gasteiger partial charge in [-0.1, -0.05) is 6.07 Å². The number of aromatic nitrogens is 2. The summed E-state index contributed by atoms with van der Waals surface area (Å²) in [5.74, 6) is 2.65. The third-order valence-corrected chi connectivity index (χ3v) is 5.39. The van der Waals surface area contributed by atoms with Crippen LogP contribution in [0.25, 0.3) is 0 Å². The molecule has 1 aliphatic rings. The quantitative estimate of drug-likeness (QED) is 0.732. The van der Waals surface area contributed by atoms with Gasteiger partial charge in [0.25, 0.3) is 0 Å². The van der Waals surface area contributed by atoms with Gasteiger partial charge in [0.2, 0.25) is 5.91 Å². The summed E-state index contributed by atoms with van der Waals surface area (Å²) >= 11 is 0. The normalized spacial score (nSPS) is 16.1. The molecule has 1 aliphatic heterocycles. The summed E-state index contributed by atoms with van der Waals surface area (Å²) in [5.41, 5.74) is 1.18. The fourth-order valence-corrected chi connectivity index (χ4v) is 3.73. The molecule has 0 saturated carbocycles. The van der Waals surface area contributed by atoms with Gasteiger partial charge >= 0.3 is 0 Å². The Balaban J connectivity index is 1.50. The SMILES string of the molecule is COc1ccc(CN2CCN(C(=O)CC(C)n3ccnc3C)CC2)cc1OC. The first-order valence-electron chi connectivity index (χ1n) is 9.72. The molecule has 1 aromatic carbocycles. The number of piperazine rings is 1. The first-order valence-corrected chi connectivity index (χ1v) is 9.72. The van der Waals surface area contributed by atoms with E-state index in [1.165, 1.54) is 5.56 Å². The number of aryl methyl sites for hydroxylation is 1. The van der Waals surface area contributed by atoms with Gasteiger partial charge in [-0.15, -0.1) is 0 Å². The minimum atomic E-state index is 0.125. The van der Waals surface area contributed by atoms with Gasteiger partial charge in [-0.05, 0) is 31.5 Å². The second kappa shape index (κ2) is 9.10. The molecule has 1 saturated heterocycles. The van der Waals surface area contributed by atoms with Crippen LogP contribution in [0.3, 0.4) is 0 Å². The van der Waals surface area contributed by atoms with Crippen molar-refractivity contribution in [3.05, 3.63) is 42.0 Å². The van der Waals surface area contributed by atoms with Crippen LogP contribution < -0.4 is 9.47 Å². The number of ether oxygens (including phenoxy) is 2. The molecular weight excluding hydrogens is 356 g/mol. The van der Waals surface area contributed by atoms with Gasteiger partial charge in [0.05, 0.1) is 14.2 Å². The topological polar surface area (TPSA) is 59.8 Å². The predicted octanol–water partition coefficient (Wildman–Crippen LogP) is 2.50. The summed E-state index contributed by atoms with van der Waals surface area (Å²) in [5, 5.41) is 0. The molecule has 1 unspecified atom stereocenters. The van der Waals surface area contributed by atoms with Crippen molar-refractivity contribution in [1.29, 1.82) is 0 Å². The van der Waals surface area contributed by atoms with Gasteiger partial charge in [-0.3, -0.25) is 9.69 Å². The molecule has 2 aromatic rings. The Morgan fingerprint density at radius 3 is 2.46 bits per heavy atom. The van der Waals surface area contributed by atoms with Crippen LogP contribution in [0.2, 0.25) is 0 Å². The molecule has 7 nitrogen and oxygen atoms in total. The fraction of sp³-hybridized carbons (Fsp3) is 0.524. The number of carbonyl (C=O) groups is 1. The van der Waals surface area contributed by atoms with Crippen molar-refractivity contribution in [3.63, 3.8) is 0 Å². The summed E-state index contributed by atoms with van der Waals surface area (Å²) in [4.78, 5) is 21.3. The monoisotopic (exact) mass is 386 g/mol. The molecule has 3 rings (SSSR count). The maximum absolute atomic E-state index is 12.7. The molecule has 2 heterocycles. The summed E-state index contributed by atoms with van der Waals surface area (Å²) in [7, 11) is 3.29. The first kappa shape index (κ1) is 20.2. The van der Waals surface area contributed by atoms with E-state index in [0.29, 0.717) is 6.42 Å². The lowest BCUT2D eigenvalue weighted by molar-refractivity contribution is -0.133. The van der Waals surface area contributed by atoms with Crippen molar-refractivity contribution in [2.75, 3.05) is 40.4 Å². The van der Waals surface area contributed by atoms with Crippen LogP contribution in [-0.4, -0.2) is 65.7 Å². The number of amides is 1. The minimum Gasteiger partial charge on any atom is -0.493 e. The predicted molar refractivity (Wildman–Crippen MR) is 108 cm³/mol. The largest absolute Gasteiger partial charge is 0.493 e. The highest BCUT2D eigenvalue weighted by atomic mass is 16.5. The van der Waals surface area contributed by atoms with Gasteiger partial charge < -0.3 is 18.9 Å². The van der Waals surface area contributed by atoms with Crippen LogP contribution in [0.1, 0.15) is 30.8 Å². The lowest BCUT2D eigenvalue weighted by atomic mass is 10.1. The zero-order valence-corrected chi connectivity index (χ0v) is 17.2. The van der Waals surface area contributed by atoms with Crippen LogP contribution in [0.4, 0.5) is 0 Å². The molecule has 7 heteroatoms. The summed E-state index contributed by atoms with van der Waals surface area (Å²) in [6.07, 6.45) is 4.23. The van der Waals surface area contributed by atoms with E-state index in [4.69, 9.17) is 9.47 Å². The fourth-order valence-electron chi connectivity index (χ4n) is 3.73. The van der Waals surface area contributed by atoms with E-state index in [2.05, 4.69) is 27.4 Å². The van der Waals surface area contributed by atoms with E-state index in [1.54, 1.807) is 20.4 Å². The van der Waals surface area contributed by atoms with Crippen LogP contribution in [0.15, 0.2) is 30.6 Å². The van der Waals surface area contributed by atoms with E-state index in [-0.39, 0.29) is 11.9 Å². The number of imidazole rings is 1. The number of hydrogen-bond donors (Lipinski definition) is 0. The Kier molecular flexibility index (Phi) is 6.57. The van der Waals surface area contributed by atoms with Crippen LogP contribution in [-0.2, 0) is 11.3 Å². The average Bonchev–Trinajstić information content (AvgIpc) is 3.14. The Bertz CT molecular complexity index is 797. The molecule has 1 fully saturated rings. The van der Waals surface area contributed by atoms with E-state index in [0.717, 1.165) is 50.0 Å². The number of hydrogen-bond acceptors (Lipinski definition) is 5. The van der Waals surface area contributed by atoms with Crippen molar-refractivity contribution in [1.82, 2.24) is 19.4 Å². The number of nitrogens with zero attached hydrogens (tertiary/aromatic N) is 4. The maximum atomic E-state index is 12.7. The van der Waals surface area contributed by atoms with Crippen LogP contribution in [0, 0.1) is 6.92 Å². The van der Waals surface area contributed by atoms with Crippen LogP contribution in [0.5, 0.6) is 11.5 Å². The highest BCUT2D eigenvalue weighted by Gasteiger charge is 2.23. The number of rotatable bonds is 7. The summed E-state index contributed by atoms with van der Waals surface area (Å²) in [6, 6.07) is 6.15. The second-order valence-electron chi connectivity index (χ2n) is 7.28. The maximum Gasteiger partial charge on any atom is 0.224 e. The molecule has 1 amide bonds. The molecule has 1 aromatic heterocycles. The zero-order chi connectivity index (χ0) is 20.1. The lowest BCUT2D eigenvalue weighted by Crippen LogP contribution is -2.48. The Hall–Kier alpha value is -2.54. The van der Waals surface area contributed by atoms with E-state index in [1.807, 2.05) is 30.2 Å². The molecular formula is C21H30N4O3. The van der Waals surface area contributed by atoms with Gasteiger partial charge in [-0.25, -0.2) is 4.98 Å². The standard InChI is InChI=1S/C21H30N4O3/c1-16(25-8-7-22-17(25)2)13-21(26)24-11-9-23(10-12-24)15-18-5-6-19(27-3)20(14-18)28-4/h5-8,14,16H,9-13,15H2,1-4H3. The Morgan fingerprint density at radius 2 is 1.86 bits per heavy atom. The Labute approximate surface area is 166 Å². The highest BCUT2D eigenvalue weighted by molar-refractivity contribution is 5.76. The molecule has 0 radical (unpaired) electrons. The van der Waals surface area contributed by atoms with Crippen molar-refractivity contribution >= 4 is 5.91 Å².